The van der Waals surface area contributed by atoms with Crippen molar-refractivity contribution in [1.82, 2.24) is 0 Å². The summed E-state index contributed by atoms with van der Waals surface area (Å²) in [6, 6.07) is 24.4. The SMILES string of the molecule is COc1ccc(C2=Nc3ccccc3N(c3ccc(OC)cc3)C2)cc1. The number of hydrogen-bond donors (Lipinski definition) is 0. The van der Waals surface area contributed by atoms with Gasteiger partial charge in [0, 0.05) is 5.69 Å². The van der Waals surface area contributed by atoms with Gasteiger partial charge in [0.15, 0.2) is 0 Å². The van der Waals surface area contributed by atoms with Crippen molar-refractivity contribution in [3.05, 3.63) is 78.4 Å². The molecule has 3 aromatic rings. The molecule has 0 saturated carbocycles. The second kappa shape index (κ2) is 6.92. The average Bonchev–Trinajstić information content (AvgIpc) is 2.73. The van der Waals surface area contributed by atoms with Crippen LogP contribution < -0.4 is 14.4 Å². The number of para-hydroxylation sites is 2. The van der Waals surface area contributed by atoms with Crippen molar-refractivity contribution < 1.29 is 9.47 Å². The van der Waals surface area contributed by atoms with Crippen LogP contribution >= 0.6 is 0 Å². The standard InChI is InChI=1S/C22H20N2O2/c1-25-18-11-7-16(8-12-18)21-15-24(17-9-13-19(26-2)14-10-17)22-6-4-3-5-20(22)23-21/h3-14H,15H2,1-2H3. The van der Waals surface area contributed by atoms with E-state index in [1.54, 1.807) is 14.2 Å². The largest absolute Gasteiger partial charge is 0.497 e. The van der Waals surface area contributed by atoms with Crippen LogP contribution in [0.4, 0.5) is 17.1 Å². The molecule has 0 atom stereocenters. The summed E-state index contributed by atoms with van der Waals surface area (Å²) in [5.74, 6) is 1.70. The third-order valence-corrected chi connectivity index (χ3v) is 4.54. The molecule has 130 valence electrons. The van der Waals surface area contributed by atoms with E-state index in [4.69, 9.17) is 14.5 Å². The molecule has 0 spiro atoms. The fourth-order valence-corrected chi connectivity index (χ4v) is 3.13. The first-order valence-corrected chi connectivity index (χ1v) is 8.51. The highest BCUT2D eigenvalue weighted by molar-refractivity contribution is 6.08. The second-order valence-corrected chi connectivity index (χ2v) is 6.06. The molecule has 1 aliphatic heterocycles. The van der Waals surface area contributed by atoms with Gasteiger partial charge in [0.1, 0.15) is 11.5 Å². The Kier molecular flexibility index (Phi) is 4.32. The van der Waals surface area contributed by atoms with Crippen molar-refractivity contribution in [3.63, 3.8) is 0 Å². The van der Waals surface area contributed by atoms with Gasteiger partial charge in [-0.3, -0.25) is 0 Å². The first-order chi connectivity index (χ1) is 12.8. The molecule has 0 radical (unpaired) electrons. The van der Waals surface area contributed by atoms with Gasteiger partial charge in [0.25, 0.3) is 0 Å². The Labute approximate surface area is 153 Å². The molecular weight excluding hydrogens is 324 g/mol. The number of hydrogen-bond acceptors (Lipinski definition) is 4. The Hall–Kier alpha value is -3.27. The lowest BCUT2D eigenvalue weighted by molar-refractivity contribution is 0.414. The summed E-state index contributed by atoms with van der Waals surface area (Å²) >= 11 is 0. The lowest BCUT2D eigenvalue weighted by atomic mass is 10.1. The fraction of sp³-hybridized carbons (Fsp3) is 0.136. The Bertz CT molecular complexity index is 931. The highest BCUT2D eigenvalue weighted by Gasteiger charge is 2.21. The Morgan fingerprint density at radius 2 is 1.38 bits per heavy atom. The van der Waals surface area contributed by atoms with E-state index >= 15 is 0 Å². The molecule has 26 heavy (non-hydrogen) atoms. The maximum absolute atomic E-state index is 5.28. The minimum Gasteiger partial charge on any atom is -0.497 e. The summed E-state index contributed by atoms with van der Waals surface area (Å²) in [5.41, 5.74) is 5.32. The van der Waals surface area contributed by atoms with E-state index in [0.717, 1.165) is 39.8 Å². The molecule has 1 aliphatic rings. The molecule has 0 fully saturated rings. The van der Waals surface area contributed by atoms with Crippen molar-refractivity contribution in [2.45, 2.75) is 0 Å². The summed E-state index contributed by atoms with van der Waals surface area (Å²) < 4.78 is 10.5. The molecule has 0 aliphatic carbocycles. The monoisotopic (exact) mass is 344 g/mol. The molecule has 4 rings (SSSR count). The molecule has 1 heterocycles. The number of fused-ring (bicyclic) bond motifs is 1. The third-order valence-electron chi connectivity index (χ3n) is 4.54. The number of aliphatic imine (C=N–C) groups is 1. The first kappa shape index (κ1) is 16.2. The highest BCUT2D eigenvalue weighted by Crippen LogP contribution is 2.38. The van der Waals surface area contributed by atoms with Gasteiger partial charge in [-0.1, -0.05) is 12.1 Å². The van der Waals surface area contributed by atoms with Gasteiger partial charge in [-0.05, 0) is 66.2 Å². The molecular formula is C22H20N2O2. The predicted molar refractivity (Wildman–Crippen MR) is 106 cm³/mol. The van der Waals surface area contributed by atoms with Crippen LogP contribution in [-0.4, -0.2) is 26.5 Å². The van der Waals surface area contributed by atoms with Crippen molar-refractivity contribution in [2.24, 2.45) is 4.99 Å². The summed E-state index contributed by atoms with van der Waals surface area (Å²) in [7, 11) is 3.36. The van der Waals surface area contributed by atoms with E-state index in [2.05, 4.69) is 41.3 Å². The maximum Gasteiger partial charge on any atom is 0.119 e. The van der Waals surface area contributed by atoms with Gasteiger partial charge in [0.2, 0.25) is 0 Å². The Morgan fingerprint density at radius 3 is 2.04 bits per heavy atom. The van der Waals surface area contributed by atoms with Gasteiger partial charge in [-0.15, -0.1) is 0 Å². The smallest absolute Gasteiger partial charge is 0.119 e. The minimum absolute atomic E-state index is 0.704. The second-order valence-electron chi connectivity index (χ2n) is 6.06. The van der Waals surface area contributed by atoms with Crippen molar-refractivity contribution >= 4 is 22.8 Å². The molecule has 4 heteroatoms. The Balaban J connectivity index is 1.74. The molecule has 0 aromatic heterocycles. The van der Waals surface area contributed by atoms with Crippen molar-refractivity contribution in [2.75, 3.05) is 25.7 Å². The van der Waals surface area contributed by atoms with E-state index in [0.29, 0.717) is 6.54 Å². The van der Waals surface area contributed by atoms with Crippen LogP contribution in [0, 0.1) is 0 Å². The molecule has 0 bridgehead atoms. The van der Waals surface area contributed by atoms with Gasteiger partial charge in [0.05, 0.1) is 37.9 Å². The number of nitrogens with zero attached hydrogens (tertiary/aromatic N) is 2. The van der Waals surface area contributed by atoms with E-state index in [1.807, 2.05) is 36.4 Å². The van der Waals surface area contributed by atoms with Crippen LogP contribution in [0.5, 0.6) is 11.5 Å². The van der Waals surface area contributed by atoms with E-state index in [9.17, 15) is 0 Å². The quantitative estimate of drug-likeness (QED) is 0.670. The first-order valence-electron chi connectivity index (χ1n) is 8.51. The van der Waals surface area contributed by atoms with E-state index in [1.165, 1.54) is 0 Å². The summed E-state index contributed by atoms with van der Waals surface area (Å²) in [5, 5.41) is 0. The van der Waals surface area contributed by atoms with Crippen LogP contribution in [0.15, 0.2) is 77.8 Å². The topological polar surface area (TPSA) is 34.1 Å². The summed E-state index contributed by atoms with van der Waals surface area (Å²) in [4.78, 5) is 7.17. The van der Waals surface area contributed by atoms with Crippen LogP contribution in [0.25, 0.3) is 0 Å². The predicted octanol–water partition coefficient (Wildman–Crippen LogP) is 4.98. The average molecular weight is 344 g/mol. The van der Waals surface area contributed by atoms with Crippen LogP contribution in [0.2, 0.25) is 0 Å². The Morgan fingerprint density at radius 1 is 0.769 bits per heavy atom. The van der Waals surface area contributed by atoms with Crippen LogP contribution in [-0.2, 0) is 0 Å². The zero-order valence-corrected chi connectivity index (χ0v) is 14.8. The van der Waals surface area contributed by atoms with E-state index in [-0.39, 0.29) is 0 Å². The molecule has 0 saturated heterocycles. The fourth-order valence-electron chi connectivity index (χ4n) is 3.13. The normalized spacial score (nSPS) is 13.0. The third kappa shape index (κ3) is 3.02. The molecule has 4 nitrogen and oxygen atoms in total. The van der Waals surface area contributed by atoms with Gasteiger partial charge < -0.3 is 14.4 Å². The van der Waals surface area contributed by atoms with Crippen LogP contribution in [0.1, 0.15) is 5.56 Å². The number of methoxy groups -OCH3 is 2. The highest BCUT2D eigenvalue weighted by atomic mass is 16.5. The number of ether oxygens (including phenoxy) is 2. The van der Waals surface area contributed by atoms with Gasteiger partial charge >= 0.3 is 0 Å². The molecule has 0 N–H and O–H groups in total. The number of rotatable bonds is 4. The van der Waals surface area contributed by atoms with Crippen molar-refractivity contribution in [3.8, 4) is 11.5 Å². The zero-order chi connectivity index (χ0) is 17.9. The molecule has 3 aromatic carbocycles. The van der Waals surface area contributed by atoms with Gasteiger partial charge in [-0.2, -0.15) is 0 Å². The number of anilines is 2. The van der Waals surface area contributed by atoms with Gasteiger partial charge in [-0.25, -0.2) is 4.99 Å². The summed E-state index contributed by atoms with van der Waals surface area (Å²) in [6.45, 7) is 0.704. The summed E-state index contributed by atoms with van der Waals surface area (Å²) in [6.07, 6.45) is 0. The lowest BCUT2D eigenvalue weighted by Gasteiger charge is -2.30. The molecule has 0 unspecified atom stereocenters. The minimum atomic E-state index is 0.704. The van der Waals surface area contributed by atoms with E-state index < -0.39 is 0 Å². The zero-order valence-electron chi connectivity index (χ0n) is 14.8. The number of benzene rings is 3. The van der Waals surface area contributed by atoms with Crippen LogP contribution in [0.3, 0.4) is 0 Å². The maximum atomic E-state index is 5.28. The lowest BCUT2D eigenvalue weighted by Crippen LogP contribution is -2.28. The van der Waals surface area contributed by atoms with Crippen molar-refractivity contribution in [1.29, 1.82) is 0 Å². The molecule has 0 amide bonds.